The molecule has 0 saturated carbocycles. The number of hydrogen-bond acceptors (Lipinski definition) is 1. The molecule has 0 amide bonds. The highest BCUT2D eigenvalue weighted by Crippen LogP contribution is 2.35. The van der Waals surface area contributed by atoms with Crippen LogP contribution in [0.4, 0.5) is 0 Å². The molecule has 0 bridgehead atoms. The van der Waals surface area contributed by atoms with Crippen LogP contribution in [0.2, 0.25) is 0 Å². The second-order valence-electron chi connectivity index (χ2n) is 8.57. The van der Waals surface area contributed by atoms with Crippen LogP contribution in [0.1, 0.15) is 0 Å². The molecule has 7 rings (SSSR count). The van der Waals surface area contributed by atoms with Gasteiger partial charge in [0, 0.05) is 33.6 Å². The zero-order valence-electron chi connectivity index (χ0n) is 18.5. The van der Waals surface area contributed by atoms with Gasteiger partial charge in [0.2, 0.25) is 0 Å². The Kier molecular flexibility index (Phi) is 4.15. The minimum atomic E-state index is 0.979. The van der Waals surface area contributed by atoms with E-state index in [4.69, 9.17) is 4.98 Å². The Morgan fingerprint density at radius 1 is 0.529 bits per heavy atom. The average molecular weight is 436 g/mol. The molecular weight excluding hydrogens is 414 g/mol. The highest BCUT2D eigenvalue weighted by atomic mass is 15.0. The third kappa shape index (κ3) is 2.87. The first-order valence-electron chi connectivity index (χ1n) is 11.5. The van der Waals surface area contributed by atoms with Crippen LogP contribution in [0.5, 0.6) is 0 Å². The highest BCUT2D eigenvalue weighted by Gasteiger charge is 2.15. The largest absolute Gasteiger partial charge is 0.317 e. The first-order chi connectivity index (χ1) is 16.9. The second kappa shape index (κ2) is 7.46. The van der Waals surface area contributed by atoms with Gasteiger partial charge in [-0.2, -0.15) is 0 Å². The predicted molar refractivity (Wildman–Crippen MR) is 141 cm³/mol. The van der Waals surface area contributed by atoms with Crippen molar-refractivity contribution in [2.45, 2.75) is 0 Å². The van der Waals surface area contributed by atoms with E-state index in [1.807, 2.05) is 24.4 Å². The first-order valence-corrected chi connectivity index (χ1v) is 11.5. The summed E-state index contributed by atoms with van der Waals surface area (Å²) in [6.45, 7) is 0. The van der Waals surface area contributed by atoms with Gasteiger partial charge in [0.25, 0.3) is 0 Å². The molecule has 0 aliphatic rings. The molecule has 0 radical (unpaired) electrons. The predicted octanol–water partition coefficient (Wildman–Crippen LogP) is 7.79. The summed E-state index contributed by atoms with van der Waals surface area (Å²) < 4.78 is 4.59. The van der Waals surface area contributed by atoms with Crippen molar-refractivity contribution in [1.82, 2.24) is 14.1 Å². The molecule has 0 aliphatic heterocycles. The fourth-order valence-corrected chi connectivity index (χ4v) is 4.99. The van der Waals surface area contributed by atoms with Crippen LogP contribution in [-0.2, 0) is 0 Å². The summed E-state index contributed by atoms with van der Waals surface area (Å²) in [6, 6.07) is 40.5. The Balaban J connectivity index is 1.46. The van der Waals surface area contributed by atoms with Gasteiger partial charge in [-0.15, -0.1) is 0 Å². The lowest BCUT2D eigenvalue weighted by atomic mass is 10.1. The number of rotatable bonds is 3. The Morgan fingerprint density at radius 2 is 1.29 bits per heavy atom. The average Bonchev–Trinajstić information content (AvgIpc) is 3.47. The van der Waals surface area contributed by atoms with Crippen molar-refractivity contribution in [3.63, 3.8) is 0 Å². The Bertz CT molecular complexity index is 1770. The van der Waals surface area contributed by atoms with Crippen LogP contribution in [0.3, 0.4) is 0 Å². The van der Waals surface area contributed by atoms with Crippen LogP contribution < -0.4 is 0 Å². The minimum absolute atomic E-state index is 0.979. The van der Waals surface area contributed by atoms with Crippen LogP contribution >= 0.6 is 0 Å². The number of aromatic nitrogens is 3. The molecule has 3 aromatic heterocycles. The summed E-state index contributed by atoms with van der Waals surface area (Å²) in [7, 11) is 0. The normalized spacial score (nSPS) is 11.5. The van der Waals surface area contributed by atoms with E-state index in [1.54, 1.807) is 0 Å². The summed E-state index contributed by atoms with van der Waals surface area (Å²) >= 11 is 0. The van der Waals surface area contributed by atoms with Crippen LogP contribution in [0.15, 0.2) is 128 Å². The molecule has 3 heteroatoms. The van der Waals surface area contributed by atoms with E-state index in [2.05, 4.69) is 112 Å². The zero-order chi connectivity index (χ0) is 22.5. The van der Waals surface area contributed by atoms with Gasteiger partial charge in [-0.25, -0.2) is 0 Å². The molecule has 3 heterocycles. The van der Waals surface area contributed by atoms with Gasteiger partial charge >= 0.3 is 0 Å². The lowest BCUT2D eigenvalue weighted by molar-refractivity contribution is 1.13. The molecule has 160 valence electrons. The molecule has 0 aliphatic carbocycles. The molecule has 0 fully saturated rings. The van der Waals surface area contributed by atoms with E-state index in [1.165, 1.54) is 38.4 Å². The molecule has 0 spiro atoms. The summed E-state index contributed by atoms with van der Waals surface area (Å²) in [5.41, 5.74) is 7.92. The monoisotopic (exact) mass is 435 g/mol. The van der Waals surface area contributed by atoms with E-state index in [-0.39, 0.29) is 0 Å². The third-order valence-corrected chi connectivity index (χ3v) is 6.59. The van der Waals surface area contributed by atoms with Crippen molar-refractivity contribution < 1.29 is 0 Å². The van der Waals surface area contributed by atoms with Gasteiger partial charge in [-0.1, -0.05) is 66.7 Å². The molecule has 0 N–H and O–H groups in total. The van der Waals surface area contributed by atoms with Crippen LogP contribution in [0.25, 0.3) is 55.3 Å². The van der Waals surface area contributed by atoms with Crippen molar-refractivity contribution in [3.05, 3.63) is 128 Å². The first kappa shape index (κ1) is 18.9. The zero-order valence-corrected chi connectivity index (χ0v) is 18.5. The van der Waals surface area contributed by atoms with Gasteiger partial charge in [0.1, 0.15) is 0 Å². The highest BCUT2D eigenvalue weighted by molar-refractivity contribution is 6.13. The van der Waals surface area contributed by atoms with Gasteiger partial charge in [0.05, 0.1) is 34.1 Å². The number of pyridine rings is 1. The van der Waals surface area contributed by atoms with E-state index in [9.17, 15) is 0 Å². The maximum absolute atomic E-state index is 4.80. The number of hydrogen-bond donors (Lipinski definition) is 0. The van der Waals surface area contributed by atoms with Gasteiger partial charge in [0.15, 0.2) is 0 Å². The van der Waals surface area contributed by atoms with E-state index in [0.29, 0.717) is 0 Å². The fraction of sp³-hybridized carbons (Fsp3) is 0. The number of benzene rings is 4. The molecular formula is C31H21N3. The van der Waals surface area contributed by atoms with E-state index in [0.717, 1.165) is 16.9 Å². The van der Waals surface area contributed by atoms with Crippen molar-refractivity contribution >= 4 is 32.7 Å². The quantitative estimate of drug-likeness (QED) is 0.278. The van der Waals surface area contributed by atoms with Gasteiger partial charge < -0.3 is 9.13 Å². The van der Waals surface area contributed by atoms with Crippen molar-refractivity contribution in [2.24, 2.45) is 0 Å². The lowest BCUT2D eigenvalue weighted by Gasteiger charge is -2.09. The van der Waals surface area contributed by atoms with Crippen molar-refractivity contribution in [1.29, 1.82) is 0 Å². The van der Waals surface area contributed by atoms with Gasteiger partial charge in [-0.05, 0) is 48.5 Å². The van der Waals surface area contributed by atoms with Crippen molar-refractivity contribution in [3.8, 4) is 22.6 Å². The molecule has 0 saturated heterocycles. The van der Waals surface area contributed by atoms with E-state index < -0.39 is 0 Å². The maximum atomic E-state index is 4.80. The van der Waals surface area contributed by atoms with Gasteiger partial charge in [-0.3, -0.25) is 4.98 Å². The number of para-hydroxylation sites is 2. The van der Waals surface area contributed by atoms with E-state index >= 15 is 0 Å². The third-order valence-electron chi connectivity index (χ3n) is 6.59. The van der Waals surface area contributed by atoms with Crippen LogP contribution in [-0.4, -0.2) is 14.1 Å². The Morgan fingerprint density at radius 3 is 2.09 bits per heavy atom. The maximum Gasteiger partial charge on any atom is 0.0703 e. The minimum Gasteiger partial charge on any atom is -0.317 e. The molecule has 3 nitrogen and oxygen atoms in total. The SMILES string of the molecule is c1ccc(-c2ccc(-n3c4ccccc4c4cc5c(ccn5-c5ccccc5)cc43)cn2)cc1. The van der Waals surface area contributed by atoms with Crippen LogP contribution in [0, 0.1) is 0 Å². The summed E-state index contributed by atoms with van der Waals surface area (Å²) in [4.78, 5) is 4.80. The molecule has 0 unspecified atom stereocenters. The smallest absolute Gasteiger partial charge is 0.0703 e. The second-order valence-corrected chi connectivity index (χ2v) is 8.57. The standard InChI is InChI=1S/C31H21N3/c1-3-9-22(10-4-1)28-16-15-25(21-32-28)34-29-14-8-7-13-26(29)27-20-30-23(19-31(27)34)17-18-33(30)24-11-5-2-6-12-24/h1-21H. The summed E-state index contributed by atoms with van der Waals surface area (Å²) in [5.74, 6) is 0. The summed E-state index contributed by atoms with van der Waals surface area (Å²) in [6.07, 6.45) is 4.13. The lowest BCUT2D eigenvalue weighted by Crippen LogP contribution is -1.95. The number of nitrogens with zero attached hydrogens (tertiary/aromatic N) is 3. The molecule has 4 aromatic carbocycles. The molecule has 0 atom stereocenters. The molecule has 34 heavy (non-hydrogen) atoms. The fourth-order valence-electron chi connectivity index (χ4n) is 4.99. The topological polar surface area (TPSA) is 22.8 Å². The summed E-state index contributed by atoms with van der Waals surface area (Å²) in [5, 5.41) is 3.70. The Labute approximate surface area is 197 Å². The van der Waals surface area contributed by atoms with Crippen molar-refractivity contribution in [2.75, 3.05) is 0 Å². The number of fused-ring (bicyclic) bond motifs is 4. The Hall–Kier alpha value is -4.63. The molecule has 7 aromatic rings.